The summed E-state index contributed by atoms with van der Waals surface area (Å²) >= 11 is 1.01. The van der Waals surface area contributed by atoms with E-state index in [1.165, 1.54) is 22.4 Å². The van der Waals surface area contributed by atoms with Gasteiger partial charge in [-0.1, -0.05) is 65.8 Å². The Bertz CT molecular complexity index is 2400. The molecule has 1 saturated carbocycles. The van der Waals surface area contributed by atoms with Crippen molar-refractivity contribution in [1.29, 1.82) is 0 Å². The average Bonchev–Trinajstić information content (AvgIpc) is 3.67. The molecule has 340 valence electrons. The van der Waals surface area contributed by atoms with Gasteiger partial charge in [0.2, 0.25) is 16.9 Å². The summed E-state index contributed by atoms with van der Waals surface area (Å²) < 4.78 is 18.1. The predicted octanol–water partition coefficient (Wildman–Crippen LogP) is 5.42. The fourth-order valence-corrected chi connectivity index (χ4v) is 7.07. The molecule has 0 bridgehead atoms. The lowest BCUT2D eigenvalue weighted by atomic mass is 9.80. The second kappa shape index (κ2) is 20.2. The van der Waals surface area contributed by atoms with E-state index in [0.717, 1.165) is 22.5 Å². The number of thiazole rings is 1. The fraction of sp³-hybridized carbons (Fsp3) is 0.422. The number of benzene rings is 2. The van der Waals surface area contributed by atoms with E-state index in [1.807, 2.05) is 60.7 Å². The summed E-state index contributed by atoms with van der Waals surface area (Å²) in [5.74, 6) is -2.50. The first-order valence-electron chi connectivity index (χ1n) is 20.8. The van der Waals surface area contributed by atoms with Crippen molar-refractivity contribution >= 4 is 52.0 Å². The molecule has 4 amide bonds. The van der Waals surface area contributed by atoms with E-state index in [0.29, 0.717) is 25.0 Å². The Labute approximate surface area is 374 Å². The summed E-state index contributed by atoms with van der Waals surface area (Å²) in [5, 5.41) is 16.4. The van der Waals surface area contributed by atoms with Gasteiger partial charge in [-0.2, -0.15) is 4.73 Å². The number of nitrogens with zero attached hydrogens (tertiary/aromatic N) is 3. The number of aromatic nitrogens is 2. The lowest BCUT2D eigenvalue weighted by Gasteiger charge is -2.38. The first-order chi connectivity index (χ1) is 30.4. The van der Waals surface area contributed by atoms with Gasteiger partial charge in [-0.15, -0.1) is 11.3 Å². The van der Waals surface area contributed by atoms with Crippen molar-refractivity contribution in [3.63, 3.8) is 0 Å². The minimum Gasteiger partial charge on any atom is -0.483 e. The second-order valence-electron chi connectivity index (χ2n) is 17.3. The SMILES string of the molecule is CC(C)(C)OC(=O)Nc1nc(/C(=N/OC2(C(=O)OC(C)(C)C)CCC2)C(=O)C[C@@H]2C(=O)N[C@@H]2CNC(=O)NCc2cc(=O)c(OCc3ccccc3)cn2OCc2ccccc2)cs1. The first-order valence-corrected chi connectivity index (χ1v) is 21.6. The van der Waals surface area contributed by atoms with Crippen molar-refractivity contribution in [2.24, 2.45) is 11.1 Å². The summed E-state index contributed by atoms with van der Waals surface area (Å²) in [4.78, 5) is 95.0. The van der Waals surface area contributed by atoms with Crippen molar-refractivity contribution in [3.8, 4) is 5.75 Å². The highest BCUT2D eigenvalue weighted by Gasteiger charge is 2.51. The number of carbonyl (C=O) groups excluding carboxylic acids is 5. The van der Waals surface area contributed by atoms with Crippen LogP contribution in [0.5, 0.6) is 5.75 Å². The van der Waals surface area contributed by atoms with Gasteiger partial charge >= 0.3 is 18.1 Å². The molecule has 1 saturated heterocycles. The van der Waals surface area contributed by atoms with Gasteiger partial charge in [0.25, 0.3) is 0 Å². The molecule has 64 heavy (non-hydrogen) atoms. The van der Waals surface area contributed by atoms with Crippen LogP contribution in [0.3, 0.4) is 0 Å². The quantitative estimate of drug-likeness (QED) is 0.0425. The van der Waals surface area contributed by atoms with Crippen LogP contribution in [-0.4, -0.2) is 74.6 Å². The topological polar surface area (TPSA) is 227 Å². The molecule has 4 aromatic rings. The molecular formula is C45H53N7O11S. The average molecular weight is 900 g/mol. The van der Waals surface area contributed by atoms with Gasteiger partial charge in [0.1, 0.15) is 30.1 Å². The summed E-state index contributed by atoms with van der Waals surface area (Å²) in [6, 6.07) is 18.9. The van der Waals surface area contributed by atoms with E-state index in [9.17, 15) is 28.8 Å². The maximum Gasteiger partial charge on any atom is 0.413 e. The fourth-order valence-electron chi connectivity index (χ4n) is 6.39. The highest BCUT2D eigenvalue weighted by molar-refractivity contribution is 7.14. The van der Waals surface area contributed by atoms with Crippen LogP contribution < -0.4 is 36.3 Å². The molecule has 2 aromatic heterocycles. The van der Waals surface area contributed by atoms with Gasteiger partial charge in [0.05, 0.1) is 30.4 Å². The number of oxime groups is 1. The zero-order valence-electron chi connectivity index (χ0n) is 36.6. The number of rotatable bonds is 18. The number of β-lactam (4-membered cyclic amide) rings is 1. The van der Waals surface area contributed by atoms with Crippen LogP contribution in [0.4, 0.5) is 14.7 Å². The van der Waals surface area contributed by atoms with Gasteiger partial charge in [0.15, 0.2) is 22.4 Å². The van der Waals surface area contributed by atoms with Crippen LogP contribution in [0.1, 0.15) is 89.7 Å². The van der Waals surface area contributed by atoms with E-state index < -0.39 is 64.0 Å². The Balaban J connectivity index is 1.10. The monoisotopic (exact) mass is 899 g/mol. The van der Waals surface area contributed by atoms with E-state index in [-0.39, 0.29) is 55.0 Å². The van der Waals surface area contributed by atoms with Crippen LogP contribution in [0.2, 0.25) is 0 Å². The summed E-state index contributed by atoms with van der Waals surface area (Å²) in [6.07, 6.45) is 1.61. The number of anilines is 1. The van der Waals surface area contributed by atoms with Gasteiger partial charge in [-0.25, -0.2) is 19.4 Å². The largest absolute Gasteiger partial charge is 0.483 e. The van der Waals surface area contributed by atoms with E-state index in [4.69, 9.17) is 23.9 Å². The molecular weight excluding hydrogens is 847 g/mol. The molecule has 0 unspecified atom stereocenters. The van der Waals surface area contributed by atoms with Crippen molar-refractivity contribution < 1.29 is 47.9 Å². The molecule has 2 aliphatic rings. The Kier molecular flexibility index (Phi) is 14.7. The van der Waals surface area contributed by atoms with Crippen LogP contribution >= 0.6 is 11.3 Å². The minimum atomic E-state index is -1.42. The van der Waals surface area contributed by atoms with Crippen LogP contribution in [0.25, 0.3) is 0 Å². The highest BCUT2D eigenvalue weighted by atomic mass is 32.1. The third-order valence-electron chi connectivity index (χ3n) is 9.84. The van der Waals surface area contributed by atoms with Crippen LogP contribution in [0, 0.1) is 5.92 Å². The third kappa shape index (κ3) is 12.9. The van der Waals surface area contributed by atoms with Crippen molar-refractivity contribution in [2.45, 2.75) is 110 Å². The number of hydrogen-bond donors (Lipinski definition) is 4. The zero-order valence-corrected chi connectivity index (χ0v) is 37.4. The molecule has 18 nitrogen and oxygen atoms in total. The smallest absolute Gasteiger partial charge is 0.413 e. The summed E-state index contributed by atoms with van der Waals surface area (Å²) in [5.41, 5.74) is -1.56. The third-order valence-corrected chi connectivity index (χ3v) is 10.6. The highest BCUT2D eigenvalue weighted by Crippen LogP contribution is 2.38. The summed E-state index contributed by atoms with van der Waals surface area (Å²) in [6.45, 7) is 10.5. The standard InChI is InChI=1S/C45H53N7O11S/c1-43(2,3)61-39(56)45(18-13-19-45)63-51-37(33-27-64-41(49-33)50-42(58)62-44(4,5)6)35(54)21-31-32(48-38(31)55)23-47-40(57)46-22-30-20-34(53)36(59-25-28-14-9-7-10-15-28)24-52(30)60-26-29-16-11-8-12-17-29/h7-12,14-17,20,24,27,31-32H,13,18-19,21-23,25-26H2,1-6H3,(H,48,55)(H2,46,47,57)(H,49,50,58)/b51-37-/t31-,32+/m0/s1. The number of ketones is 1. The molecule has 2 fully saturated rings. The Morgan fingerprint density at radius 2 is 1.56 bits per heavy atom. The minimum absolute atomic E-state index is 0.0375. The van der Waals surface area contributed by atoms with Crippen molar-refractivity contribution in [1.82, 2.24) is 25.7 Å². The zero-order chi connectivity index (χ0) is 46.1. The lowest BCUT2D eigenvalue weighted by Crippen LogP contribution is -2.63. The van der Waals surface area contributed by atoms with Crippen LogP contribution in [-0.2, 0) is 48.5 Å². The molecule has 0 spiro atoms. The Morgan fingerprint density at radius 3 is 2.17 bits per heavy atom. The number of pyridine rings is 1. The normalized spacial score (nSPS) is 16.8. The Hall–Kier alpha value is -6.76. The molecule has 2 aromatic carbocycles. The molecule has 1 aliphatic heterocycles. The Morgan fingerprint density at radius 1 is 0.906 bits per heavy atom. The van der Waals surface area contributed by atoms with Crippen LogP contribution in [0.15, 0.2) is 88.3 Å². The molecule has 3 heterocycles. The number of esters is 1. The van der Waals surface area contributed by atoms with E-state index in [1.54, 1.807) is 41.5 Å². The predicted molar refractivity (Wildman–Crippen MR) is 236 cm³/mol. The van der Waals surface area contributed by atoms with Gasteiger partial charge in [-0.05, 0) is 59.1 Å². The van der Waals surface area contributed by atoms with E-state index in [2.05, 4.69) is 31.4 Å². The number of ether oxygens (including phenoxy) is 3. The van der Waals surface area contributed by atoms with Gasteiger partial charge in [0, 0.05) is 37.3 Å². The van der Waals surface area contributed by atoms with Crippen molar-refractivity contribution in [3.05, 3.63) is 111 Å². The number of amides is 4. The number of hydrogen-bond acceptors (Lipinski definition) is 14. The lowest BCUT2D eigenvalue weighted by molar-refractivity contribution is -0.196. The number of nitrogens with one attached hydrogen (secondary N) is 4. The van der Waals surface area contributed by atoms with Gasteiger partial charge < -0.3 is 39.8 Å². The van der Waals surface area contributed by atoms with Gasteiger partial charge in [-0.3, -0.25) is 19.7 Å². The van der Waals surface area contributed by atoms with Crippen molar-refractivity contribution in [2.75, 3.05) is 11.9 Å². The molecule has 0 radical (unpaired) electrons. The maximum absolute atomic E-state index is 14.0. The number of urea groups is 1. The first kappa shape index (κ1) is 46.7. The molecule has 6 rings (SSSR count). The molecule has 1 aliphatic carbocycles. The molecule has 2 atom stereocenters. The molecule has 19 heteroatoms. The summed E-state index contributed by atoms with van der Waals surface area (Å²) in [7, 11) is 0. The molecule has 4 N–H and O–H groups in total. The number of Topliss-reactive ketones (excluding diaryl/α,β-unsaturated/α-hetero) is 1. The second-order valence-corrected chi connectivity index (χ2v) is 18.2. The number of carbonyl (C=O) groups is 5. The van der Waals surface area contributed by atoms with E-state index >= 15 is 0 Å². The maximum atomic E-state index is 14.0.